The lowest BCUT2D eigenvalue weighted by Crippen LogP contribution is -2.01. The number of hydrogen-bond acceptors (Lipinski definition) is 4. The summed E-state index contributed by atoms with van der Waals surface area (Å²) in [6, 6.07) is 7.54. The van der Waals surface area contributed by atoms with Crippen molar-refractivity contribution in [3.8, 4) is 11.3 Å². The molecule has 0 fully saturated rings. The van der Waals surface area contributed by atoms with Crippen LogP contribution in [0.25, 0.3) is 11.3 Å². The van der Waals surface area contributed by atoms with Gasteiger partial charge in [-0.15, -0.1) is 0 Å². The second kappa shape index (κ2) is 3.31. The number of benzene rings is 1. The summed E-state index contributed by atoms with van der Waals surface area (Å²) in [6.45, 7) is 1.97. The van der Waals surface area contributed by atoms with Crippen molar-refractivity contribution >= 4 is 0 Å². The highest BCUT2D eigenvalue weighted by Gasteiger charge is 2.12. The molecule has 1 aromatic rings. The number of hydrogen-bond donors (Lipinski definition) is 0. The molecule has 0 bridgehead atoms. The minimum Gasteiger partial charge on any atom is -0.267 e. The minimum absolute atomic E-state index is 0.311. The molecule has 0 unspecified atom stereocenters. The summed E-state index contributed by atoms with van der Waals surface area (Å²) in [7, 11) is 0. The highest BCUT2D eigenvalue weighted by atomic mass is 16.1. The summed E-state index contributed by atoms with van der Waals surface area (Å²) < 4.78 is 0. The molecule has 0 saturated heterocycles. The molecule has 0 N–H and O–H groups in total. The van der Waals surface area contributed by atoms with E-state index in [4.69, 9.17) is 0 Å². The van der Waals surface area contributed by atoms with E-state index in [1.165, 1.54) is 6.20 Å². The molecule has 4 heteroatoms. The standard InChI is InChI=1S/C13H8N2O2/c1-7-2-4-8(5-3-7)11-10-9(12(16)15-11)6-14-13(10)17/h2-6H,1H3. The van der Waals surface area contributed by atoms with Crippen LogP contribution in [0.3, 0.4) is 0 Å². The van der Waals surface area contributed by atoms with Crippen LogP contribution in [0.15, 0.2) is 40.1 Å². The minimum atomic E-state index is -0.384. The van der Waals surface area contributed by atoms with Crippen LogP contribution in [0.4, 0.5) is 0 Å². The molecule has 3 rings (SSSR count). The van der Waals surface area contributed by atoms with E-state index in [0.29, 0.717) is 16.1 Å². The van der Waals surface area contributed by atoms with Crippen molar-refractivity contribution < 1.29 is 0 Å². The molecule has 0 aliphatic carbocycles. The lowest BCUT2D eigenvalue weighted by molar-refractivity contribution is 1.23. The fourth-order valence-electron chi connectivity index (χ4n) is 1.90. The number of rotatable bonds is 1. The molecule has 0 aromatic heterocycles. The van der Waals surface area contributed by atoms with Gasteiger partial charge in [-0.1, -0.05) is 29.8 Å². The van der Waals surface area contributed by atoms with Crippen LogP contribution in [0.1, 0.15) is 5.56 Å². The van der Waals surface area contributed by atoms with Crippen molar-refractivity contribution in [1.29, 1.82) is 0 Å². The van der Waals surface area contributed by atoms with E-state index < -0.39 is 0 Å². The molecule has 4 nitrogen and oxygen atoms in total. The molecule has 0 radical (unpaired) electrons. The number of nitrogens with zero attached hydrogens (tertiary/aromatic N) is 2. The summed E-state index contributed by atoms with van der Waals surface area (Å²) in [5.74, 6) is 0. The molecule has 82 valence electrons. The summed E-state index contributed by atoms with van der Waals surface area (Å²) >= 11 is 0. The molecule has 17 heavy (non-hydrogen) atoms. The molecule has 0 amide bonds. The highest BCUT2D eigenvalue weighted by molar-refractivity contribution is 5.60. The van der Waals surface area contributed by atoms with Crippen LogP contribution in [-0.2, 0) is 0 Å². The third kappa shape index (κ3) is 1.38. The van der Waals surface area contributed by atoms with Gasteiger partial charge < -0.3 is 0 Å². The molecule has 0 spiro atoms. The lowest BCUT2D eigenvalue weighted by atomic mass is 10.1. The molecule has 1 aromatic carbocycles. The molecule has 2 aliphatic heterocycles. The van der Waals surface area contributed by atoms with E-state index in [1.807, 2.05) is 31.2 Å². The monoisotopic (exact) mass is 224 g/mol. The first-order chi connectivity index (χ1) is 8.16. The largest absolute Gasteiger partial charge is 0.280 e. The zero-order valence-corrected chi connectivity index (χ0v) is 9.10. The normalized spacial score (nSPS) is 11.1. The van der Waals surface area contributed by atoms with Gasteiger partial charge in [0.2, 0.25) is 0 Å². The maximum Gasteiger partial charge on any atom is 0.280 e. The Morgan fingerprint density at radius 1 is 1.00 bits per heavy atom. The van der Waals surface area contributed by atoms with Gasteiger partial charge in [0.25, 0.3) is 11.1 Å². The van der Waals surface area contributed by atoms with E-state index in [-0.39, 0.29) is 11.1 Å². The lowest BCUT2D eigenvalue weighted by Gasteiger charge is -1.96. The predicted molar refractivity (Wildman–Crippen MR) is 62.4 cm³/mol. The topological polar surface area (TPSA) is 59.9 Å². The van der Waals surface area contributed by atoms with Crippen LogP contribution in [-0.4, -0.2) is 9.97 Å². The average molecular weight is 224 g/mol. The maximum atomic E-state index is 11.6. The second-order valence-corrected chi connectivity index (χ2v) is 3.98. The fourth-order valence-corrected chi connectivity index (χ4v) is 1.90. The molecule has 2 aliphatic rings. The Kier molecular flexibility index (Phi) is 1.92. The van der Waals surface area contributed by atoms with Crippen LogP contribution in [0.2, 0.25) is 0 Å². The van der Waals surface area contributed by atoms with Gasteiger partial charge in [-0.25, -0.2) is 9.97 Å². The maximum absolute atomic E-state index is 11.6. The van der Waals surface area contributed by atoms with Crippen molar-refractivity contribution in [2.45, 2.75) is 6.92 Å². The first kappa shape index (κ1) is 9.84. The van der Waals surface area contributed by atoms with Gasteiger partial charge >= 0.3 is 0 Å². The van der Waals surface area contributed by atoms with Crippen LogP contribution >= 0.6 is 0 Å². The SMILES string of the molecule is Cc1ccc(-c2nc(=O)c3cnc(=O)c2=3)cc1. The zero-order valence-electron chi connectivity index (χ0n) is 9.10. The van der Waals surface area contributed by atoms with Gasteiger partial charge in [-0.3, -0.25) is 9.59 Å². The summed E-state index contributed by atoms with van der Waals surface area (Å²) in [4.78, 5) is 30.7. The van der Waals surface area contributed by atoms with Gasteiger partial charge in [0.15, 0.2) is 0 Å². The van der Waals surface area contributed by atoms with E-state index in [2.05, 4.69) is 9.97 Å². The predicted octanol–water partition coefficient (Wildman–Crippen LogP) is 0.773. The van der Waals surface area contributed by atoms with E-state index in [0.717, 1.165) is 11.1 Å². The van der Waals surface area contributed by atoms with Crippen molar-refractivity contribution in [3.05, 3.63) is 67.2 Å². The molecule has 2 heterocycles. The van der Waals surface area contributed by atoms with Crippen molar-refractivity contribution in [2.75, 3.05) is 0 Å². The van der Waals surface area contributed by atoms with E-state index in [1.54, 1.807) is 0 Å². The van der Waals surface area contributed by atoms with E-state index in [9.17, 15) is 9.59 Å². The van der Waals surface area contributed by atoms with Gasteiger partial charge in [0.05, 0.1) is 16.1 Å². The Bertz CT molecular complexity index is 825. The molecule has 0 atom stereocenters. The Morgan fingerprint density at radius 2 is 1.71 bits per heavy atom. The van der Waals surface area contributed by atoms with Crippen LogP contribution in [0, 0.1) is 17.4 Å². The quantitative estimate of drug-likeness (QED) is 0.612. The number of aryl methyl sites for hydroxylation is 1. The first-order valence-corrected chi connectivity index (χ1v) is 5.20. The Morgan fingerprint density at radius 3 is 2.41 bits per heavy atom. The third-order valence-electron chi connectivity index (χ3n) is 2.80. The van der Waals surface area contributed by atoms with Crippen molar-refractivity contribution in [1.82, 2.24) is 9.97 Å². The van der Waals surface area contributed by atoms with Gasteiger partial charge in [0.1, 0.15) is 0 Å². The first-order valence-electron chi connectivity index (χ1n) is 5.20. The van der Waals surface area contributed by atoms with Crippen molar-refractivity contribution in [2.24, 2.45) is 0 Å². The smallest absolute Gasteiger partial charge is 0.267 e. The van der Waals surface area contributed by atoms with Crippen molar-refractivity contribution in [3.63, 3.8) is 0 Å². The highest BCUT2D eigenvalue weighted by Crippen LogP contribution is 2.17. The van der Waals surface area contributed by atoms with Crippen LogP contribution in [0.5, 0.6) is 0 Å². The van der Waals surface area contributed by atoms with Gasteiger partial charge in [-0.2, -0.15) is 0 Å². The summed E-state index contributed by atoms with van der Waals surface area (Å²) in [5.41, 5.74) is 1.55. The molecular formula is C13H8N2O2. The Labute approximate surface area is 95.9 Å². The summed E-state index contributed by atoms with van der Waals surface area (Å²) in [6.07, 6.45) is 1.30. The Balaban J connectivity index is 2.41. The fraction of sp³-hybridized carbons (Fsp3) is 0.0769. The van der Waals surface area contributed by atoms with Crippen LogP contribution < -0.4 is 11.1 Å². The van der Waals surface area contributed by atoms with Gasteiger partial charge in [-0.05, 0) is 6.92 Å². The van der Waals surface area contributed by atoms with Gasteiger partial charge in [0, 0.05) is 11.8 Å². The third-order valence-corrected chi connectivity index (χ3v) is 2.80. The second-order valence-electron chi connectivity index (χ2n) is 3.98. The zero-order chi connectivity index (χ0) is 12.0. The Hall–Kier alpha value is -2.36. The molecular weight excluding hydrogens is 216 g/mol. The molecule has 0 saturated carbocycles. The van der Waals surface area contributed by atoms with E-state index >= 15 is 0 Å². The number of aromatic nitrogens is 2. The summed E-state index contributed by atoms with van der Waals surface area (Å²) in [5, 5.41) is 0.643. The average Bonchev–Trinajstić information content (AvgIpc) is 2.83.